The molecule has 0 fully saturated rings. The van der Waals surface area contributed by atoms with Crippen LogP contribution in [0, 0.1) is 17.1 Å². The van der Waals surface area contributed by atoms with Crippen molar-refractivity contribution in [2.24, 2.45) is 0 Å². The Kier molecular flexibility index (Phi) is 6.33. The first-order chi connectivity index (χ1) is 17.1. The van der Waals surface area contributed by atoms with E-state index in [1.807, 2.05) is 16.9 Å². The topological polar surface area (TPSA) is 102 Å². The summed E-state index contributed by atoms with van der Waals surface area (Å²) in [6.45, 7) is 3.54. The van der Waals surface area contributed by atoms with Gasteiger partial charge in [-0.15, -0.1) is 0 Å². The predicted octanol–water partition coefficient (Wildman–Crippen LogP) is 3.97. The van der Waals surface area contributed by atoms with E-state index in [1.165, 1.54) is 6.07 Å². The molecule has 4 aromatic rings. The number of rotatable bonds is 9. The van der Waals surface area contributed by atoms with Crippen molar-refractivity contribution in [2.45, 2.75) is 45.4 Å². The third-order valence-corrected chi connectivity index (χ3v) is 6.22. The van der Waals surface area contributed by atoms with Crippen LogP contribution >= 0.6 is 0 Å². The summed E-state index contributed by atoms with van der Waals surface area (Å²) in [5, 5.41) is 17.4. The number of nitrogens with one attached hydrogen (secondary N) is 1. The molecular weight excluding hydrogens is 449 g/mol. The van der Waals surface area contributed by atoms with E-state index in [0.717, 1.165) is 24.2 Å². The molecule has 0 saturated heterocycles. The van der Waals surface area contributed by atoms with Crippen molar-refractivity contribution in [3.8, 4) is 23.1 Å². The lowest BCUT2D eigenvalue weighted by molar-refractivity contribution is 0.0769. The Balaban J connectivity index is 1.45. The highest BCUT2D eigenvalue weighted by Crippen LogP contribution is 2.31. The van der Waals surface area contributed by atoms with E-state index in [0.29, 0.717) is 48.0 Å². The second-order valence-electron chi connectivity index (χ2n) is 8.45. The lowest BCUT2D eigenvalue weighted by Crippen LogP contribution is -2.18. The maximum Gasteiger partial charge on any atom is 0.208 e. The normalized spacial score (nSPS) is 13.4. The van der Waals surface area contributed by atoms with Gasteiger partial charge in [-0.25, -0.2) is 14.4 Å². The number of nitrogens with zero attached hydrogens (tertiary/aromatic N) is 6. The number of anilines is 1. The molecule has 0 amide bonds. The lowest BCUT2D eigenvalue weighted by atomic mass is 10.0. The third-order valence-electron chi connectivity index (χ3n) is 6.22. The average molecular weight is 476 g/mol. The SMILES string of the molecule is CCCC(Cn1ccc(-c2cnc(NCc3c(F)ccc4c3CCO4)n3cc(C#N)nc23)n1)OC. The van der Waals surface area contributed by atoms with Crippen LogP contribution in [-0.4, -0.2) is 44.0 Å². The molecule has 10 heteroatoms. The van der Waals surface area contributed by atoms with E-state index in [2.05, 4.69) is 33.4 Å². The molecule has 180 valence electrons. The Morgan fingerprint density at radius 2 is 2.23 bits per heavy atom. The molecule has 4 heterocycles. The van der Waals surface area contributed by atoms with Gasteiger partial charge in [0.2, 0.25) is 5.95 Å². The molecular formula is C25H26FN7O2. The monoisotopic (exact) mass is 475 g/mol. The number of aromatic nitrogens is 5. The lowest BCUT2D eigenvalue weighted by Gasteiger charge is -2.14. The first-order valence-corrected chi connectivity index (χ1v) is 11.6. The number of benzene rings is 1. The van der Waals surface area contributed by atoms with Crippen molar-refractivity contribution in [3.63, 3.8) is 0 Å². The van der Waals surface area contributed by atoms with E-state index < -0.39 is 0 Å². The zero-order valence-corrected chi connectivity index (χ0v) is 19.7. The minimum atomic E-state index is -0.291. The van der Waals surface area contributed by atoms with Gasteiger partial charge in [-0.05, 0) is 24.6 Å². The predicted molar refractivity (Wildman–Crippen MR) is 128 cm³/mol. The Hall–Kier alpha value is -3.97. The first kappa shape index (κ1) is 22.8. The highest BCUT2D eigenvalue weighted by Gasteiger charge is 2.21. The number of hydrogen-bond acceptors (Lipinski definition) is 7. The Labute approximate surface area is 202 Å². The van der Waals surface area contributed by atoms with Crippen molar-refractivity contribution in [3.05, 3.63) is 59.4 Å². The number of imidazole rings is 1. The second-order valence-corrected chi connectivity index (χ2v) is 8.45. The molecule has 1 aromatic carbocycles. The molecule has 0 bridgehead atoms. The number of fused-ring (bicyclic) bond motifs is 2. The van der Waals surface area contributed by atoms with Gasteiger partial charge in [0.15, 0.2) is 11.3 Å². The minimum Gasteiger partial charge on any atom is -0.493 e. The van der Waals surface area contributed by atoms with E-state index in [9.17, 15) is 9.65 Å². The van der Waals surface area contributed by atoms with Crippen LogP contribution in [0.1, 0.15) is 36.6 Å². The Morgan fingerprint density at radius 1 is 1.34 bits per heavy atom. The summed E-state index contributed by atoms with van der Waals surface area (Å²) in [5.74, 6) is 0.882. The summed E-state index contributed by atoms with van der Waals surface area (Å²) in [4.78, 5) is 9.03. The fraction of sp³-hybridized carbons (Fsp3) is 0.360. The molecule has 1 aliphatic heterocycles. The first-order valence-electron chi connectivity index (χ1n) is 11.6. The van der Waals surface area contributed by atoms with Crippen LogP contribution in [0.4, 0.5) is 10.3 Å². The van der Waals surface area contributed by atoms with Crippen LogP contribution < -0.4 is 10.1 Å². The highest BCUT2D eigenvalue weighted by molar-refractivity contribution is 5.76. The maximum atomic E-state index is 14.6. The fourth-order valence-corrected chi connectivity index (χ4v) is 4.44. The molecule has 35 heavy (non-hydrogen) atoms. The molecule has 0 saturated carbocycles. The summed E-state index contributed by atoms with van der Waals surface area (Å²) < 4.78 is 29.2. The summed E-state index contributed by atoms with van der Waals surface area (Å²) >= 11 is 0. The van der Waals surface area contributed by atoms with Gasteiger partial charge < -0.3 is 14.8 Å². The summed E-state index contributed by atoms with van der Waals surface area (Å²) in [7, 11) is 1.71. The zero-order valence-electron chi connectivity index (χ0n) is 19.7. The van der Waals surface area contributed by atoms with Crippen molar-refractivity contribution in [1.82, 2.24) is 24.1 Å². The van der Waals surface area contributed by atoms with Gasteiger partial charge in [0.05, 0.1) is 36.7 Å². The molecule has 0 spiro atoms. The van der Waals surface area contributed by atoms with E-state index in [4.69, 9.17) is 9.47 Å². The van der Waals surface area contributed by atoms with Crippen LogP contribution in [0.15, 0.2) is 36.8 Å². The fourth-order valence-electron chi connectivity index (χ4n) is 4.44. The van der Waals surface area contributed by atoms with Crippen LogP contribution in [0.2, 0.25) is 0 Å². The summed E-state index contributed by atoms with van der Waals surface area (Å²) in [5.41, 5.74) is 3.61. The van der Waals surface area contributed by atoms with Crippen LogP contribution in [-0.2, 0) is 24.2 Å². The van der Waals surface area contributed by atoms with Gasteiger partial charge in [-0.1, -0.05) is 13.3 Å². The van der Waals surface area contributed by atoms with Crippen LogP contribution in [0.3, 0.4) is 0 Å². The Bertz CT molecular complexity index is 1410. The van der Waals surface area contributed by atoms with Gasteiger partial charge in [0.1, 0.15) is 17.6 Å². The van der Waals surface area contributed by atoms with Crippen LogP contribution in [0.25, 0.3) is 16.9 Å². The van der Waals surface area contributed by atoms with E-state index in [-0.39, 0.29) is 24.2 Å². The summed E-state index contributed by atoms with van der Waals surface area (Å²) in [6, 6.07) is 7.07. The maximum absolute atomic E-state index is 14.6. The zero-order chi connectivity index (χ0) is 24.4. The highest BCUT2D eigenvalue weighted by atomic mass is 19.1. The molecule has 5 rings (SSSR count). The van der Waals surface area contributed by atoms with Gasteiger partial charge >= 0.3 is 0 Å². The standard InChI is InChI=1S/C25H26FN7O2/c1-3-4-17(34-2)15-32-9-7-22(31-32)20-13-29-25(33-14-16(11-27)30-24(20)33)28-12-19-18-8-10-35-23(18)6-5-21(19)26/h5-7,9,13-14,17H,3-4,8,10,12,15H2,1-2H3,(H,28,29). The van der Waals surface area contributed by atoms with Crippen molar-refractivity contribution < 1.29 is 13.9 Å². The average Bonchev–Trinajstić information content (AvgIpc) is 3.62. The van der Waals surface area contributed by atoms with E-state index in [1.54, 1.807) is 30.0 Å². The number of hydrogen-bond donors (Lipinski definition) is 1. The Morgan fingerprint density at radius 3 is 3.03 bits per heavy atom. The third kappa shape index (κ3) is 4.42. The minimum absolute atomic E-state index is 0.0827. The molecule has 1 atom stereocenters. The number of nitriles is 1. The molecule has 0 aliphatic carbocycles. The smallest absolute Gasteiger partial charge is 0.208 e. The number of ether oxygens (including phenoxy) is 2. The van der Waals surface area contributed by atoms with Gasteiger partial charge in [-0.3, -0.25) is 9.08 Å². The van der Waals surface area contributed by atoms with Gasteiger partial charge in [0, 0.05) is 43.6 Å². The quantitative estimate of drug-likeness (QED) is 0.391. The molecule has 0 radical (unpaired) electrons. The second kappa shape index (κ2) is 9.72. The van der Waals surface area contributed by atoms with Crippen LogP contribution in [0.5, 0.6) is 5.75 Å². The molecule has 1 unspecified atom stereocenters. The number of halogens is 1. The molecule has 1 aliphatic rings. The van der Waals surface area contributed by atoms with Crippen molar-refractivity contribution in [2.75, 3.05) is 19.0 Å². The van der Waals surface area contributed by atoms with E-state index >= 15 is 0 Å². The summed E-state index contributed by atoms with van der Waals surface area (Å²) in [6.07, 6.45) is 7.91. The molecule has 1 N–H and O–H groups in total. The molecule has 9 nitrogen and oxygen atoms in total. The number of methoxy groups -OCH3 is 1. The molecule has 3 aromatic heterocycles. The van der Waals surface area contributed by atoms with Crippen molar-refractivity contribution in [1.29, 1.82) is 5.26 Å². The van der Waals surface area contributed by atoms with Gasteiger partial charge in [-0.2, -0.15) is 10.4 Å². The van der Waals surface area contributed by atoms with Crippen molar-refractivity contribution >= 4 is 11.6 Å². The largest absolute Gasteiger partial charge is 0.493 e. The van der Waals surface area contributed by atoms with Gasteiger partial charge in [0.25, 0.3) is 0 Å².